The van der Waals surface area contributed by atoms with E-state index in [0.717, 1.165) is 30.3 Å². The van der Waals surface area contributed by atoms with Crippen molar-refractivity contribution < 1.29 is 27.8 Å². The number of pyridine rings is 1. The molecular weight excluding hydrogens is 437 g/mol. The van der Waals surface area contributed by atoms with Crippen molar-refractivity contribution >= 4 is 5.78 Å². The molecular formula is C24H19F3N2O4. The van der Waals surface area contributed by atoms with Crippen molar-refractivity contribution in [2.24, 2.45) is 0 Å². The molecule has 0 aliphatic carbocycles. The van der Waals surface area contributed by atoms with Crippen LogP contribution in [0.1, 0.15) is 53.0 Å². The Balaban J connectivity index is 1.93. The third-order valence-electron chi connectivity index (χ3n) is 4.89. The van der Waals surface area contributed by atoms with Gasteiger partial charge in [-0.2, -0.15) is 5.26 Å². The van der Waals surface area contributed by atoms with Gasteiger partial charge < -0.3 is 14.4 Å². The van der Waals surface area contributed by atoms with E-state index < -0.39 is 41.5 Å². The van der Waals surface area contributed by atoms with Crippen LogP contribution in [0.3, 0.4) is 0 Å². The molecule has 3 rings (SSSR count). The Morgan fingerprint density at radius 1 is 1.12 bits per heavy atom. The van der Waals surface area contributed by atoms with Crippen LogP contribution >= 0.6 is 0 Å². The van der Waals surface area contributed by atoms with E-state index in [1.807, 2.05) is 0 Å². The Bertz CT molecular complexity index is 1310. The molecule has 6 nitrogen and oxygen atoms in total. The number of rotatable bonds is 7. The van der Waals surface area contributed by atoms with E-state index in [4.69, 9.17) is 4.74 Å². The van der Waals surface area contributed by atoms with Crippen molar-refractivity contribution in [2.45, 2.75) is 26.0 Å². The minimum absolute atomic E-state index is 0.0311. The smallest absolute Gasteiger partial charge is 0.268 e. The van der Waals surface area contributed by atoms with Gasteiger partial charge in [-0.15, -0.1) is 0 Å². The SMILES string of the molecule is CC(C)n1cc(C(=O)c2cc(F)ccc2OCC(O)c2ccc(F)c(F)c2)cc(C#N)c1=O. The fourth-order valence-corrected chi connectivity index (χ4v) is 3.14. The van der Waals surface area contributed by atoms with E-state index in [1.54, 1.807) is 19.9 Å². The van der Waals surface area contributed by atoms with E-state index in [1.165, 1.54) is 22.9 Å². The molecule has 1 unspecified atom stereocenters. The zero-order valence-corrected chi connectivity index (χ0v) is 17.7. The van der Waals surface area contributed by atoms with Crippen LogP contribution in [0.25, 0.3) is 0 Å². The van der Waals surface area contributed by atoms with Crippen LogP contribution in [0.15, 0.2) is 53.5 Å². The van der Waals surface area contributed by atoms with Gasteiger partial charge in [0.25, 0.3) is 5.56 Å². The molecule has 9 heteroatoms. The molecule has 0 fully saturated rings. The highest BCUT2D eigenvalue weighted by atomic mass is 19.2. The number of benzene rings is 2. The molecule has 0 saturated heterocycles. The highest BCUT2D eigenvalue weighted by Gasteiger charge is 2.21. The van der Waals surface area contributed by atoms with E-state index in [2.05, 4.69) is 0 Å². The van der Waals surface area contributed by atoms with Gasteiger partial charge in [0.2, 0.25) is 0 Å². The second kappa shape index (κ2) is 9.71. The number of hydrogen-bond donors (Lipinski definition) is 1. The highest BCUT2D eigenvalue weighted by molar-refractivity contribution is 6.10. The van der Waals surface area contributed by atoms with Crippen LogP contribution in [-0.2, 0) is 0 Å². The number of hydrogen-bond acceptors (Lipinski definition) is 5. The summed E-state index contributed by atoms with van der Waals surface area (Å²) in [6.45, 7) is 2.96. The van der Waals surface area contributed by atoms with Crippen molar-refractivity contribution in [1.29, 1.82) is 5.26 Å². The van der Waals surface area contributed by atoms with Crippen LogP contribution in [-0.4, -0.2) is 22.1 Å². The molecule has 1 atom stereocenters. The van der Waals surface area contributed by atoms with E-state index >= 15 is 0 Å². The van der Waals surface area contributed by atoms with Crippen LogP contribution in [0.5, 0.6) is 5.75 Å². The molecule has 3 aromatic rings. The lowest BCUT2D eigenvalue weighted by atomic mass is 10.0. The number of nitrogens with zero attached hydrogens (tertiary/aromatic N) is 2. The standard InChI is InChI=1S/C24H19F3N2O4/c1-13(2)29-11-16(7-15(10-28)24(29)32)23(31)18-9-17(25)4-6-22(18)33-12-21(30)14-3-5-19(26)20(27)8-14/h3-9,11,13,21,30H,12H2,1-2H3. The molecule has 1 aromatic heterocycles. The molecule has 33 heavy (non-hydrogen) atoms. The van der Waals surface area contributed by atoms with Crippen LogP contribution < -0.4 is 10.3 Å². The van der Waals surface area contributed by atoms with Gasteiger partial charge in [0.05, 0.1) is 5.56 Å². The zero-order chi connectivity index (χ0) is 24.3. The van der Waals surface area contributed by atoms with E-state index in [-0.39, 0.29) is 34.0 Å². The van der Waals surface area contributed by atoms with Crippen LogP contribution in [0, 0.1) is 28.8 Å². The Morgan fingerprint density at radius 2 is 1.85 bits per heavy atom. The first-order valence-corrected chi connectivity index (χ1v) is 9.88. The van der Waals surface area contributed by atoms with Crippen LogP contribution in [0.2, 0.25) is 0 Å². The number of carbonyl (C=O) groups excluding carboxylic acids is 1. The molecule has 0 aliphatic rings. The predicted octanol–water partition coefficient (Wildman–Crippen LogP) is 4.06. The maximum absolute atomic E-state index is 13.9. The lowest BCUT2D eigenvalue weighted by molar-refractivity contribution is 0.0990. The third kappa shape index (κ3) is 5.13. The molecule has 170 valence electrons. The Labute approximate surface area is 187 Å². The number of ether oxygens (including phenoxy) is 1. The summed E-state index contributed by atoms with van der Waals surface area (Å²) in [4.78, 5) is 25.4. The summed E-state index contributed by atoms with van der Waals surface area (Å²) in [7, 11) is 0. The Morgan fingerprint density at radius 3 is 2.48 bits per heavy atom. The predicted molar refractivity (Wildman–Crippen MR) is 112 cm³/mol. The lowest BCUT2D eigenvalue weighted by Gasteiger charge is -2.16. The largest absolute Gasteiger partial charge is 0.490 e. The Kier molecular flexibility index (Phi) is 6.99. The molecule has 2 aromatic carbocycles. The lowest BCUT2D eigenvalue weighted by Crippen LogP contribution is -2.25. The molecule has 1 N–H and O–H groups in total. The van der Waals surface area contributed by atoms with Gasteiger partial charge in [-0.05, 0) is 55.8 Å². The van der Waals surface area contributed by atoms with Gasteiger partial charge in [0.15, 0.2) is 17.4 Å². The zero-order valence-electron chi connectivity index (χ0n) is 17.7. The van der Waals surface area contributed by atoms with Gasteiger partial charge in [0, 0.05) is 17.8 Å². The molecule has 0 spiro atoms. The van der Waals surface area contributed by atoms with Gasteiger partial charge in [-0.3, -0.25) is 9.59 Å². The van der Waals surface area contributed by atoms with Crippen LogP contribution in [0.4, 0.5) is 13.2 Å². The topological polar surface area (TPSA) is 92.3 Å². The minimum Gasteiger partial charge on any atom is -0.490 e. The van der Waals surface area contributed by atoms with Gasteiger partial charge in [-0.25, -0.2) is 13.2 Å². The number of aromatic nitrogens is 1. The third-order valence-corrected chi connectivity index (χ3v) is 4.89. The van der Waals surface area contributed by atoms with E-state index in [0.29, 0.717) is 0 Å². The average molecular weight is 456 g/mol. The minimum atomic E-state index is -1.36. The fourth-order valence-electron chi connectivity index (χ4n) is 3.14. The number of aliphatic hydroxyl groups is 1. The summed E-state index contributed by atoms with van der Waals surface area (Å²) >= 11 is 0. The number of carbonyl (C=O) groups is 1. The van der Waals surface area contributed by atoms with E-state index in [9.17, 15) is 33.1 Å². The maximum atomic E-state index is 13.9. The number of ketones is 1. The van der Waals surface area contributed by atoms with Crippen molar-refractivity contribution in [1.82, 2.24) is 4.57 Å². The van der Waals surface area contributed by atoms with Crippen molar-refractivity contribution in [3.63, 3.8) is 0 Å². The molecule has 0 radical (unpaired) electrons. The summed E-state index contributed by atoms with van der Waals surface area (Å²) in [6, 6.07) is 8.55. The molecule has 0 aliphatic heterocycles. The normalized spacial score (nSPS) is 11.8. The molecule has 0 bridgehead atoms. The number of nitriles is 1. The molecule has 0 saturated carbocycles. The van der Waals surface area contributed by atoms with Gasteiger partial charge in [-0.1, -0.05) is 6.07 Å². The summed E-state index contributed by atoms with van der Waals surface area (Å²) < 4.78 is 47.2. The summed E-state index contributed by atoms with van der Waals surface area (Å²) in [5.41, 5.74) is -0.995. The fraction of sp³-hybridized carbons (Fsp3) is 0.208. The molecule has 1 heterocycles. The monoisotopic (exact) mass is 456 g/mol. The summed E-state index contributed by atoms with van der Waals surface area (Å²) in [5.74, 6) is -3.73. The maximum Gasteiger partial charge on any atom is 0.268 e. The quantitative estimate of drug-likeness (QED) is 0.542. The van der Waals surface area contributed by atoms with Crippen molar-refractivity contribution in [2.75, 3.05) is 6.61 Å². The first-order valence-electron chi connectivity index (χ1n) is 9.88. The first kappa shape index (κ1) is 23.8. The second-order valence-corrected chi connectivity index (χ2v) is 7.53. The van der Waals surface area contributed by atoms with Crippen molar-refractivity contribution in [3.8, 4) is 11.8 Å². The average Bonchev–Trinajstić information content (AvgIpc) is 2.79. The first-order chi connectivity index (χ1) is 15.6. The second-order valence-electron chi connectivity index (χ2n) is 7.53. The number of aliphatic hydroxyl groups excluding tert-OH is 1. The highest BCUT2D eigenvalue weighted by Crippen LogP contribution is 2.25. The Hall–Kier alpha value is -3.90. The molecule has 0 amide bonds. The summed E-state index contributed by atoms with van der Waals surface area (Å²) in [6.07, 6.45) is -0.0813. The van der Waals surface area contributed by atoms with Gasteiger partial charge >= 0.3 is 0 Å². The number of halogens is 3. The summed E-state index contributed by atoms with van der Waals surface area (Å²) in [5, 5.41) is 19.5. The van der Waals surface area contributed by atoms with Crippen molar-refractivity contribution in [3.05, 3.63) is 98.7 Å². The van der Waals surface area contributed by atoms with Gasteiger partial charge in [0.1, 0.15) is 35.9 Å².